The minimum atomic E-state index is -4.67. The Morgan fingerprint density at radius 3 is 2.20 bits per heavy atom. The third-order valence-corrected chi connectivity index (χ3v) is 1.82. The standard InChI is InChI=1S/C10H10F3NO/c1-2-9(15)14(10(11,12)13)8-6-4-3-5-7-8/h3-7H,2H2,1H3. The maximum absolute atomic E-state index is 12.5. The van der Waals surface area contributed by atoms with Gasteiger partial charge in [0.2, 0.25) is 5.91 Å². The van der Waals surface area contributed by atoms with Gasteiger partial charge < -0.3 is 0 Å². The number of anilines is 1. The van der Waals surface area contributed by atoms with E-state index < -0.39 is 12.2 Å². The lowest BCUT2D eigenvalue weighted by Gasteiger charge is -2.24. The number of alkyl halides is 3. The van der Waals surface area contributed by atoms with E-state index in [-0.39, 0.29) is 17.0 Å². The number of amides is 1. The van der Waals surface area contributed by atoms with Gasteiger partial charge in [0.25, 0.3) is 0 Å². The summed E-state index contributed by atoms with van der Waals surface area (Å²) in [5, 5.41) is 0. The van der Waals surface area contributed by atoms with E-state index in [2.05, 4.69) is 0 Å². The van der Waals surface area contributed by atoms with Crippen molar-refractivity contribution in [3.8, 4) is 0 Å². The highest BCUT2D eigenvalue weighted by Crippen LogP contribution is 2.28. The number of hydrogen-bond donors (Lipinski definition) is 0. The average molecular weight is 217 g/mol. The number of para-hydroxylation sites is 1. The van der Waals surface area contributed by atoms with E-state index in [1.807, 2.05) is 0 Å². The fourth-order valence-electron chi connectivity index (χ4n) is 1.17. The zero-order valence-corrected chi connectivity index (χ0v) is 8.08. The van der Waals surface area contributed by atoms with Gasteiger partial charge in [-0.1, -0.05) is 25.1 Å². The van der Waals surface area contributed by atoms with Crippen molar-refractivity contribution >= 4 is 11.6 Å². The number of hydrogen-bond acceptors (Lipinski definition) is 1. The molecule has 0 N–H and O–H groups in total. The average Bonchev–Trinajstić information content (AvgIpc) is 2.17. The zero-order valence-electron chi connectivity index (χ0n) is 8.08. The summed E-state index contributed by atoms with van der Waals surface area (Å²) in [7, 11) is 0. The first-order valence-electron chi connectivity index (χ1n) is 4.41. The summed E-state index contributed by atoms with van der Waals surface area (Å²) in [6, 6.07) is 7.00. The molecule has 0 saturated carbocycles. The first-order chi connectivity index (χ1) is 6.96. The Morgan fingerprint density at radius 2 is 1.80 bits per heavy atom. The molecule has 0 fully saturated rings. The lowest BCUT2D eigenvalue weighted by molar-refractivity contribution is -0.149. The van der Waals surface area contributed by atoms with Gasteiger partial charge in [-0.2, -0.15) is 0 Å². The second-order valence-electron chi connectivity index (χ2n) is 2.89. The molecule has 15 heavy (non-hydrogen) atoms. The van der Waals surface area contributed by atoms with Gasteiger partial charge in [-0.25, -0.2) is 4.90 Å². The number of benzene rings is 1. The van der Waals surface area contributed by atoms with E-state index in [4.69, 9.17) is 0 Å². The molecule has 1 aromatic carbocycles. The third-order valence-electron chi connectivity index (χ3n) is 1.82. The summed E-state index contributed by atoms with van der Waals surface area (Å²) in [6.07, 6.45) is -4.86. The smallest absolute Gasteiger partial charge is 0.274 e. The number of halogens is 3. The molecule has 1 amide bonds. The van der Waals surface area contributed by atoms with Gasteiger partial charge >= 0.3 is 6.30 Å². The highest BCUT2D eigenvalue weighted by Gasteiger charge is 2.41. The summed E-state index contributed by atoms with van der Waals surface area (Å²) < 4.78 is 37.6. The van der Waals surface area contributed by atoms with E-state index in [9.17, 15) is 18.0 Å². The topological polar surface area (TPSA) is 20.3 Å². The molecule has 0 radical (unpaired) electrons. The summed E-state index contributed by atoms with van der Waals surface area (Å²) in [5.74, 6) is -0.964. The van der Waals surface area contributed by atoms with Gasteiger partial charge in [0.1, 0.15) is 0 Å². The van der Waals surface area contributed by atoms with E-state index in [0.717, 1.165) is 0 Å². The Kier molecular flexibility index (Phi) is 3.34. The second kappa shape index (κ2) is 4.33. The molecule has 0 aliphatic heterocycles. The number of rotatable bonds is 2. The molecule has 0 aliphatic rings. The summed E-state index contributed by atoms with van der Waals surface area (Å²) in [6.45, 7) is 1.39. The molecule has 0 saturated heterocycles. The van der Waals surface area contributed by atoms with E-state index in [1.165, 1.54) is 31.2 Å². The molecule has 0 aromatic heterocycles. The molecule has 1 rings (SSSR count). The van der Waals surface area contributed by atoms with Crippen LogP contribution in [0.3, 0.4) is 0 Å². The fraction of sp³-hybridized carbons (Fsp3) is 0.300. The van der Waals surface area contributed by atoms with Crippen molar-refractivity contribution in [1.82, 2.24) is 0 Å². The lowest BCUT2D eigenvalue weighted by Crippen LogP contribution is -2.42. The van der Waals surface area contributed by atoms with Crippen molar-refractivity contribution < 1.29 is 18.0 Å². The molecule has 0 spiro atoms. The molecule has 2 nitrogen and oxygen atoms in total. The SMILES string of the molecule is CCC(=O)N(c1ccccc1)C(F)(F)F. The maximum atomic E-state index is 12.5. The van der Waals surface area contributed by atoms with Crippen LogP contribution in [0.4, 0.5) is 18.9 Å². The van der Waals surface area contributed by atoms with Crippen molar-refractivity contribution in [2.45, 2.75) is 19.6 Å². The first-order valence-corrected chi connectivity index (χ1v) is 4.41. The van der Waals surface area contributed by atoms with Gasteiger partial charge in [0.15, 0.2) is 0 Å². The van der Waals surface area contributed by atoms with Gasteiger partial charge in [-0.3, -0.25) is 4.79 Å². The van der Waals surface area contributed by atoms with Crippen LogP contribution in [0.25, 0.3) is 0 Å². The second-order valence-corrected chi connectivity index (χ2v) is 2.89. The molecule has 0 aliphatic carbocycles. The Bertz CT molecular complexity index is 334. The Morgan fingerprint density at radius 1 is 1.27 bits per heavy atom. The third kappa shape index (κ3) is 2.71. The zero-order chi connectivity index (χ0) is 11.5. The first kappa shape index (κ1) is 11.6. The van der Waals surface area contributed by atoms with Crippen LogP contribution < -0.4 is 4.90 Å². The molecule has 0 unspecified atom stereocenters. The number of nitrogens with zero attached hydrogens (tertiary/aromatic N) is 1. The predicted molar refractivity (Wildman–Crippen MR) is 50.3 cm³/mol. The van der Waals surface area contributed by atoms with E-state index >= 15 is 0 Å². The Hall–Kier alpha value is -1.52. The maximum Gasteiger partial charge on any atom is 0.491 e. The molecule has 1 aromatic rings. The molecule has 0 atom stereocenters. The fourth-order valence-corrected chi connectivity index (χ4v) is 1.17. The van der Waals surface area contributed by atoms with Crippen molar-refractivity contribution in [3.63, 3.8) is 0 Å². The van der Waals surface area contributed by atoms with Crippen LogP contribution >= 0.6 is 0 Å². The van der Waals surface area contributed by atoms with Crippen LogP contribution in [-0.4, -0.2) is 12.2 Å². The molecule has 5 heteroatoms. The monoisotopic (exact) mass is 217 g/mol. The lowest BCUT2D eigenvalue weighted by atomic mass is 10.3. The van der Waals surface area contributed by atoms with E-state index in [0.29, 0.717) is 0 Å². The van der Waals surface area contributed by atoms with Gasteiger partial charge in [-0.05, 0) is 12.1 Å². The quantitative estimate of drug-likeness (QED) is 0.697. The van der Waals surface area contributed by atoms with Crippen molar-refractivity contribution in [3.05, 3.63) is 30.3 Å². The normalized spacial score (nSPS) is 11.2. The van der Waals surface area contributed by atoms with E-state index in [1.54, 1.807) is 6.07 Å². The summed E-state index contributed by atoms with van der Waals surface area (Å²) >= 11 is 0. The molecule has 0 heterocycles. The molecule has 82 valence electrons. The van der Waals surface area contributed by atoms with Crippen molar-refractivity contribution in [2.24, 2.45) is 0 Å². The Balaban J connectivity index is 3.08. The van der Waals surface area contributed by atoms with Crippen molar-refractivity contribution in [1.29, 1.82) is 0 Å². The minimum Gasteiger partial charge on any atom is -0.274 e. The highest BCUT2D eigenvalue weighted by atomic mass is 19.4. The largest absolute Gasteiger partial charge is 0.491 e. The molecule has 0 bridgehead atoms. The highest BCUT2D eigenvalue weighted by molar-refractivity contribution is 5.93. The van der Waals surface area contributed by atoms with Crippen LogP contribution in [0.2, 0.25) is 0 Å². The van der Waals surface area contributed by atoms with Crippen LogP contribution in [-0.2, 0) is 4.79 Å². The minimum absolute atomic E-state index is 0.146. The Labute approximate surface area is 85.3 Å². The predicted octanol–water partition coefficient (Wildman–Crippen LogP) is 2.95. The summed E-state index contributed by atoms with van der Waals surface area (Å²) in [5.41, 5.74) is -0.156. The molecular formula is C10H10F3NO. The number of carbonyl (C=O) groups excluding carboxylic acids is 1. The van der Waals surface area contributed by atoms with Crippen molar-refractivity contribution in [2.75, 3.05) is 4.90 Å². The van der Waals surface area contributed by atoms with Crippen LogP contribution in [0.15, 0.2) is 30.3 Å². The summed E-state index contributed by atoms with van der Waals surface area (Å²) in [4.78, 5) is 11.0. The number of carbonyl (C=O) groups is 1. The van der Waals surface area contributed by atoms with Gasteiger partial charge in [0, 0.05) is 6.42 Å². The van der Waals surface area contributed by atoms with Gasteiger partial charge in [-0.15, -0.1) is 13.2 Å². The van der Waals surface area contributed by atoms with Crippen LogP contribution in [0.1, 0.15) is 13.3 Å². The van der Waals surface area contributed by atoms with Crippen LogP contribution in [0, 0.1) is 0 Å². The van der Waals surface area contributed by atoms with Gasteiger partial charge in [0.05, 0.1) is 5.69 Å². The van der Waals surface area contributed by atoms with Crippen LogP contribution in [0.5, 0.6) is 0 Å². The molecular weight excluding hydrogens is 207 g/mol.